The van der Waals surface area contributed by atoms with Crippen molar-refractivity contribution in [2.24, 2.45) is 5.84 Å². The summed E-state index contributed by atoms with van der Waals surface area (Å²) in [6.45, 7) is 0. The molecule has 4 nitrogen and oxygen atoms in total. The number of hydrogen-bond donors (Lipinski definition) is 2. The fourth-order valence-corrected chi connectivity index (χ4v) is 2.47. The van der Waals surface area contributed by atoms with Crippen molar-refractivity contribution in [3.8, 4) is 11.1 Å². The number of esters is 1. The molecule has 2 aromatic carbocycles. The van der Waals surface area contributed by atoms with Gasteiger partial charge in [0.1, 0.15) is 0 Å². The number of hydrazine groups is 1. The molecule has 0 bridgehead atoms. The highest BCUT2D eigenvalue weighted by Gasteiger charge is 2.28. The van der Waals surface area contributed by atoms with Crippen LogP contribution >= 0.6 is 11.6 Å². The first-order chi connectivity index (χ1) is 11.0. The van der Waals surface area contributed by atoms with Crippen molar-refractivity contribution in [3.63, 3.8) is 0 Å². The minimum atomic E-state index is -1.82. The van der Waals surface area contributed by atoms with Crippen LogP contribution in [0, 0.1) is 0 Å². The van der Waals surface area contributed by atoms with Gasteiger partial charge in [-0.2, -0.15) is 0 Å². The number of hydrogen-bond acceptors (Lipinski definition) is 4. The molecule has 2 aromatic rings. The Morgan fingerprint density at radius 3 is 2.52 bits per heavy atom. The van der Waals surface area contributed by atoms with Gasteiger partial charge in [-0.1, -0.05) is 48.0 Å². The second-order valence-electron chi connectivity index (χ2n) is 5.11. The van der Waals surface area contributed by atoms with Gasteiger partial charge in [-0.15, -0.1) is 0 Å². The fourth-order valence-electron chi connectivity index (χ4n) is 2.28. The van der Waals surface area contributed by atoms with Gasteiger partial charge in [0.15, 0.2) is 0 Å². The fraction of sp³-hybridized carbons (Fsp3) is 0.235. The third-order valence-electron chi connectivity index (χ3n) is 3.56. The first-order valence-corrected chi connectivity index (χ1v) is 7.46. The lowest BCUT2D eigenvalue weighted by Crippen LogP contribution is -2.47. The van der Waals surface area contributed by atoms with E-state index < -0.39 is 18.2 Å². The highest BCUT2D eigenvalue weighted by molar-refractivity contribution is 6.30. The maximum atomic E-state index is 13.9. The Kier molecular flexibility index (Phi) is 6.10. The van der Waals surface area contributed by atoms with Gasteiger partial charge < -0.3 is 4.74 Å². The van der Waals surface area contributed by atoms with Crippen LogP contribution in [0.4, 0.5) is 4.39 Å². The monoisotopic (exact) mass is 336 g/mol. The Balaban J connectivity index is 2.11. The molecule has 0 spiro atoms. The molecule has 3 N–H and O–H groups in total. The van der Waals surface area contributed by atoms with Crippen LogP contribution in [0.5, 0.6) is 0 Å². The number of carbonyl (C=O) groups is 1. The number of benzene rings is 2. The van der Waals surface area contributed by atoms with Crippen molar-refractivity contribution in [3.05, 3.63) is 59.1 Å². The number of rotatable bonds is 6. The van der Waals surface area contributed by atoms with Crippen LogP contribution in [-0.2, 0) is 16.0 Å². The number of nitrogens with one attached hydrogen (secondary N) is 1. The number of halogens is 2. The van der Waals surface area contributed by atoms with Gasteiger partial charge in [-0.3, -0.25) is 11.3 Å². The summed E-state index contributed by atoms with van der Waals surface area (Å²) in [5.41, 5.74) is 5.17. The van der Waals surface area contributed by atoms with Crippen molar-refractivity contribution in [1.29, 1.82) is 0 Å². The van der Waals surface area contributed by atoms with Crippen molar-refractivity contribution in [2.75, 3.05) is 7.11 Å². The summed E-state index contributed by atoms with van der Waals surface area (Å²) in [5, 5.41) is 0.664. The molecule has 0 heterocycles. The van der Waals surface area contributed by atoms with E-state index in [1.54, 1.807) is 0 Å². The SMILES string of the molecule is COC(=O)[C@H](F)C(Cc1ccc(-c2cccc(Cl)c2)cc1)NN. The summed E-state index contributed by atoms with van der Waals surface area (Å²) in [6.07, 6.45) is -1.56. The lowest BCUT2D eigenvalue weighted by Gasteiger charge is -2.18. The molecule has 23 heavy (non-hydrogen) atoms. The first-order valence-electron chi connectivity index (χ1n) is 7.08. The molecule has 0 aliphatic rings. The summed E-state index contributed by atoms with van der Waals surface area (Å²) in [6, 6.07) is 14.2. The van der Waals surface area contributed by atoms with Gasteiger partial charge in [0.25, 0.3) is 0 Å². The van der Waals surface area contributed by atoms with Crippen LogP contribution in [0.2, 0.25) is 5.02 Å². The van der Waals surface area contributed by atoms with Gasteiger partial charge >= 0.3 is 5.97 Å². The average Bonchev–Trinajstić information content (AvgIpc) is 2.59. The van der Waals surface area contributed by atoms with E-state index in [0.717, 1.165) is 23.8 Å². The molecular weight excluding hydrogens is 319 g/mol. The minimum Gasteiger partial charge on any atom is -0.467 e. The molecule has 0 amide bonds. The third kappa shape index (κ3) is 4.51. The van der Waals surface area contributed by atoms with Crippen molar-refractivity contribution < 1.29 is 13.9 Å². The third-order valence-corrected chi connectivity index (χ3v) is 3.80. The van der Waals surface area contributed by atoms with Crippen LogP contribution < -0.4 is 11.3 Å². The Morgan fingerprint density at radius 2 is 1.96 bits per heavy atom. The summed E-state index contributed by atoms with van der Waals surface area (Å²) >= 11 is 5.98. The topological polar surface area (TPSA) is 64.3 Å². The lowest BCUT2D eigenvalue weighted by atomic mass is 9.99. The zero-order valence-electron chi connectivity index (χ0n) is 12.6. The minimum absolute atomic E-state index is 0.266. The van der Waals surface area contributed by atoms with Crippen molar-refractivity contribution >= 4 is 17.6 Å². The van der Waals surface area contributed by atoms with E-state index in [4.69, 9.17) is 17.4 Å². The molecule has 122 valence electrons. The first kappa shape index (κ1) is 17.4. The maximum Gasteiger partial charge on any atom is 0.342 e. The number of ether oxygens (including phenoxy) is 1. The molecular formula is C17H18ClFN2O2. The van der Waals surface area contributed by atoms with Gasteiger partial charge in [-0.25, -0.2) is 9.18 Å². The van der Waals surface area contributed by atoms with Gasteiger partial charge in [0.05, 0.1) is 13.2 Å². The quantitative estimate of drug-likeness (QED) is 0.483. The van der Waals surface area contributed by atoms with E-state index in [9.17, 15) is 9.18 Å². The molecule has 1 unspecified atom stereocenters. The molecule has 2 rings (SSSR count). The second kappa shape index (κ2) is 8.06. The smallest absolute Gasteiger partial charge is 0.342 e. The van der Waals surface area contributed by atoms with E-state index in [2.05, 4.69) is 10.2 Å². The normalized spacial score (nSPS) is 13.4. The van der Waals surface area contributed by atoms with Crippen LogP contribution in [0.1, 0.15) is 5.56 Å². The van der Waals surface area contributed by atoms with E-state index in [1.165, 1.54) is 0 Å². The standard InChI is InChI=1S/C17H18ClFN2O2/c1-23-17(22)16(19)15(21-20)9-11-5-7-12(8-6-11)13-3-2-4-14(18)10-13/h2-8,10,15-16,21H,9,20H2,1H3/t15?,16-/m1/s1. The van der Waals surface area contributed by atoms with Gasteiger partial charge in [0.2, 0.25) is 6.17 Å². The lowest BCUT2D eigenvalue weighted by molar-refractivity contribution is -0.147. The molecule has 0 radical (unpaired) electrons. The van der Waals surface area contributed by atoms with Crippen LogP contribution in [0.3, 0.4) is 0 Å². The Morgan fingerprint density at radius 1 is 1.26 bits per heavy atom. The van der Waals surface area contributed by atoms with Gasteiger partial charge in [0, 0.05) is 5.02 Å². The molecule has 0 aliphatic heterocycles. The summed E-state index contributed by atoms with van der Waals surface area (Å²) in [4.78, 5) is 11.3. The molecule has 0 fully saturated rings. The van der Waals surface area contributed by atoms with Gasteiger partial charge in [-0.05, 0) is 35.2 Å². The molecule has 0 aromatic heterocycles. The van der Waals surface area contributed by atoms with Crippen molar-refractivity contribution in [2.45, 2.75) is 18.6 Å². The molecule has 0 saturated carbocycles. The summed E-state index contributed by atoms with van der Waals surface area (Å²) in [5.74, 6) is 4.40. The predicted molar refractivity (Wildman–Crippen MR) is 88.6 cm³/mol. The van der Waals surface area contributed by atoms with E-state index >= 15 is 0 Å². The molecule has 0 saturated heterocycles. The predicted octanol–water partition coefficient (Wildman–Crippen LogP) is 2.89. The molecule has 6 heteroatoms. The number of methoxy groups -OCH3 is 1. The Hall–Kier alpha value is -1.95. The van der Waals surface area contributed by atoms with Crippen LogP contribution in [0.15, 0.2) is 48.5 Å². The maximum absolute atomic E-state index is 13.9. The average molecular weight is 337 g/mol. The van der Waals surface area contributed by atoms with E-state index in [1.807, 2.05) is 48.5 Å². The van der Waals surface area contributed by atoms with E-state index in [0.29, 0.717) is 5.02 Å². The zero-order chi connectivity index (χ0) is 16.8. The Labute approximate surface area is 139 Å². The summed E-state index contributed by atoms with van der Waals surface area (Å²) in [7, 11) is 1.14. The highest BCUT2D eigenvalue weighted by atomic mass is 35.5. The second-order valence-corrected chi connectivity index (χ2v) is 5.55. The van der Waals surface area contributed by atoms with E-state index in [-0.39, 0.29) is 6.42 Å². The number of nitrogens with two attached hydrogens (primary N) is 1. The van der Waals surface area contributed by atoms with Crippen LogP contribution in [0.25, 0.3) is 11.1 Å². The zero-order valence-corrected chi connectivity index (χ0v) is 13.4. The largest absolute Gasteiger partial charge is 0.467 e. The number of carbonyl (C=O) groups excluding carboxylic acids is 1. The molecule has 2 atom stereocenters. The summed E-state index contributed by atoms with van der Waals surface area (Å²) < 4.78 is 18.3. The molecule has 0 aliphatic carbocycles. The van der Waals surface area contributed by atoms with Crippen molar-refractivity contribution in [1.82, 2.24) is 5.43 Å². The Bertz CT molecular complexity index is 664. The highest BCUT2D eigenvalue weighted by Crippen LogP contribution is 2.23. The van der Waals surface area contributed by atoms with Crippen LogP contribution in [-0.4, -0.2) is 25.3 Å². The number of alkyl halides is 1.